The van der Waals surface area contributed by atoms with E-state index in [9.17, 15) is 5.11 Å². The SMILES string of the molecule is CC(O)Cc1noc(CC2CCCN(C(C)C)C2)n1. The maximum atomic E-state index is 9.30. The monoisotopic (exact) mass is 267 g/mol. The summed E-state index contributed by atoms with van der Waals surface area (Å²) < 4.78 is 5.27. The Morgan fingerprint density at radius 2 is 2.21 bits per heavy atom. The van der Waals surface area contributed by atoms with E-state index in [1.165, 1.54) is 19.4 Å². The molecule has 2 atom stereocenters. The topological polar surface area (TPSA) is 62.4 Å². The molecule has 2 heterocycles. The standard InChI is InChI=1S/C14H25N3O2/c1-10(2)17-6-4-5-12(9-17)8-14-15-13(16-19-14)7-11(3)18/h10-12,18H,4-9H2,1-3H3. The molecule has 0 radical (unpaired) electrons. The van der Waals surface area contributed by atoms with Crippen molar-refractivity contribution in [2.45, 2.75) is 58.6 Å². The van der Waals surface area contributed by atoms with E-state index in [0.29, 0.717) is 30.1 Å². The largest absolute Gasteiger partial charge is 0.393 e. The van der Waals surface area contributed by atoms with Gasteiger partial charge in [-0.2, -0.15) is 4.98 Å². The summed E-state index contributed by atoms with van der Waals surface area (Å²) >= 11 is 0. The summed E-state index contributed by atoms with van der Waals surface area (Å²) in [5, 5.41) is 13.2. The van der Waals surface area contributed by atoms with Gasteiger partial charge in [0.05, 0.1) is 6.10 Å². The molecule has 1 fully saturated rings. The number of piperidine rings is 1. The molecule has 0 aliphatic carbocycles. The van der Waals surface area contributed by atoms with Gasteiger partial charge < -0.3 is 14.5 Å². The van der Waals surface area contributed by atoms with E-state index in [4.69, 9.17) is 4.52 Å². The van der Waals surface area contributed by atoms with Crippen molar-refractivity contribution in [3.63, 3.8) is 0 Å². The molecule has 1 aromatic rings. The van der Waals surface area contributed by atoms with Crippen LogP contribution in [0.3, 0.4) is 0 Å². The Hall–Kier alpha value is -0.940. The minimum absolute atomic E-state index is 0.420. The summed E-state index contributed by atoms with van der Waals surface area (Å²) in [7, 11) is 0. The third kappa shape index (κ3) is 4.28. The molecule has 19 heavy (non-hydrogen) atoms. The van der Waals surface area contributed by atoms with Gasteiger partial charge in [-0.15, -0.1) is 0 Å². The Morgan fingerprint density at radius 1 is 1.42 bits per heavy atom. The Bertz CT molecular complexity index is 390. The molecule has 5 nitrogen and oxygen atoms in total. The predicted octanol–water partition coefficient (Wildman–Crippen LogP) is 1.66. The molecule has 5 heteroatoms. The molecule has 1 saturated heterocycles. The maximum absolute atomic E-state index is 9.30. The van der Waals surface area contributed by atoms with E-state index in [1.54, 1.807) is 6.92 Å². The Labute approximate surface area is 115 Å². The van der Waals surface area contributed by atoms with Crippen LogP contribution in [-0.4, -0.2) is 45.4 Å². The van der Waals surface area contributed by atoms with Crippen molar-refractivity contribution < 1.29 is 9.63 Å². The molecular weight excluding hydrogens is 242 g/mol. The first-order valence-electron chi connectivity index (χ1n) is 7.28. The fourth-order valence-electron chi connectivity index (χ4n) is 2.70. The summed E-state index contributed by atoms with van der Waals surface area (Å²) in [6.07, 6.45) is 3.38. The average Bonchev–Trinajstić information content (AvgIpc) is 2.76. The third-order valence-electron chi connectivity index (χ3n) is 3.73. The number of likely N-dealkylation sites (tertiary alicyclic amines) is 1. The van der Waals surface area contributed by atoms with Gasteiger partial charge in [-0.3, -0.25) is 0 Å². The van der Waals surface area contributed by atoms with E-state index in [-0.39, 0.29) is 0 Å². The minimum atomic E-state index is -0.420. The number of nitrogens with zero attached hydrogens (tertiary/aromatic N) is 3. The van der Waals surface area contributed by atoms with Crippen molar-refractivity contribution in [3.8, 4) is 0 Å². The highest BCUT2D eigenvalue weighted by Gasteiger charge is 2.23. The molecule has 1 aliphatic rings. The first kappa shape index (κ1) is 14.5. The van der Waals surface area contributed by atoms with Crippen molar-refractivity contribution in [3.05, 3.63) is 11.7 Å². The zero-order valence-corrected chi connectivity index (χ0v) is 12.2. The second-order valence-corrected chi connectivity index (χ2v) is 5.96. The van der Waals surface area contributed by atoms with Crippen LogP contribution in [0, 0.1) is 5.92 Å². The van der Waals surface area contributed by atoms with Gasteiger partial charge in [-0.25, -0.2) is 0 Å². The molecular formula is C14H25N3O2. The van der Waals surface area contributed by atoms with Gasteiger partial charge >= 0.3 is 0 Å². The smallest absolute Gasteiger partial charge is 0.226 e. The van der Waals surface area contributed by atoms with Crippen LogP contribution in [0.5, 0.6) is 0 Å². The molecule has 2 rings (SSSR count). The van der Waals surface area contributed by atoms with Gasteiger partial charge in [0.1, 0.15) is 0 Å². The second kappa shape index (κ2) is 6.48. The first-order valence-corrected chi connectivity index (χ1v) is 7.28. The molecule has 1 aliphatic heterocycles. The fraction of sp³-hybridized carbons (Fsp3) is 0.857. The summed E-state index contributed by atoms with van der Waals surface area (Å²) in [4.78, 5) is 6.87. The maximum Gasteiger partial charge on any atom is 0.226 e. The van der Waals surface area contributed by atoms with Crippen LogP contribution >= 0.6 is 0 Å². The summed E-state index contributed by atoms with van der Waals surface area (Å²) in [6, 6.07) is 0.608. The molecule has 0 aromatic carbocycles. The normalized spacial score (nSPS) is 22.9. The molecule has 0 amide bonds. The third-order valence-corrected chi connectivity index (χ3v) is 3.73. The Kier molecular flexibility index (Phi) is 4.93. The summed E-state index contributed by atoms with van der Waals surface area (Å²) in [6.45, 7) is 8.54. The van der Waals surface area contributed by atoms with Crippen molar-refractivity contribution in [1.82, 2.24) is 15.0 Å². The lowest BCUT2D eigenvalue weighted by molar-refractivity contribution is 0.134. The molecule has 2 unspecified atom stereocenters. The summed E-state index contributed by atoms with van der Waals surface area (Å²) in [5.74, 6) is 1.93. The average molecular weight is 267 g/mol. The lowest BCUT2D eigenvalue weighted by atomic mass is 9.94. The number of hydrogen-bond acceptors (Lipinski definition) is 5. The number of aliphatic hydroxyl groups is 1. The fourth-order valence-corrected chi connectivity index (χ4v) is 2.70. The van der Waals surface area contributed by atoms with E-state index < -0.39 is 6.10 Å². The zero-order chi connectivity index (χ0) is 13.8. The Morgan fingerprint density at radius 3 is 2.89 bits per heavy atom. The molecule has 108 valence electrons. The molecule has 0 bridgehead atoms. The van der Waals surface area contributed by atoms with Gasteiger partial charge in [-0.05, 0) is 46.1 Å². The first-order chi connectivity index (χ1) is 9.04. The molecule has 1 N–H and O–H groups in total. The van der Waals surface area contributed by atoms with E-state index in [2.05, 4.69) is 28.9 Å². The molecule has 0 saturated carbocycles. The summed E-state index contributed by atoms with van der Waals surface area (Å²) in [5.41, 5.74) is 0. The van der Waals surface area contributed by atoms with Crippen LogP contribution in [0.1, 0.15) is 45.3 Å². The van der Waals surface area contributed by atoms with E-state index in [1.807, 2.05) is 0 Å². The lowest BCUT2D eigenvalue weighted by Gasteiger charge is -2.34. The van der Waals surface area contributed by atoms with Crippen LogP contribution in [0.2, 0.25) is 0 Å². The van der Waals surface area contributed by atoms with E-state index in [0.717, 1.165) is 13.0 Å². The van der Waals surface area contributed by atoms with Crippen molar-refractivity contribution in [2.75, 3.05) is 13.1 Å². The van der Waals surface area contributed by atoms with Crippen molar-refractivity contribution in [1.29, 1.82) is 0 Å². The van der Waals surface area contributed by atoms with Gasteiger partial charge in [0.15, 0.2) is 5.82 Å². The van der Waals surface area contributed by atoms with Gasteiger partial charge in [0.25, 0.3) is 0 Å². The van der Waals surface area contributed by atoms with E-state index >= 15 is 0 Å². The number of hydrogen-bond donors (Lipinski definition) is 1. The van der Waals surface area contributed by atoms with Crippen molar-refractivity contribution >= 4 is 0 Å². The highest BCUT2D eigenvalue weighted by atomic mass is 16.5. The molecule has 0 spiro atoms. The second-order valence-electron chi connectivity index (χ2n) is 5.96. The Balaban J connectivity index is 1.88. The number of aromatic nitrogens is 2. The van der Waals surface area contributed by atoms with Crippen LogP contribution in [-0.2, 0) is 12.8 Å². The number of rotatable bonds is 5. The van der Waals surface area contributed by atoms with Gasteiger partial charge in [-0.1, -0.05) is 5.16 Å². The van der Waals surface area contributed by atoms with Crippen LogP contribution in [0.4, 0.5) is 0 Å². The quantitative estimate of drug-likeness (QED) is 0.879. The van der Waals surface area contributed by atoms with Crippen LogP contribution in [0.15, 0.2) is 4.52 Å². The number of aliphatic hydroxyl groups excluding tert-OH is 1. The predicted molar refractivity (Wildman–Crippen MR) is 72.8 cm³/mol. The van der Waals surface area contributed by atoms with Crippen molar-refractivity contribution in [2.24, 2.45) is 5.92 Å². The minimum Gasteiger partial charge on any atom is -0.393 e. The van der Waals surface area contributed by atoms with Crippen LogP contribution < -0.4 is 0 Å². The lowest BCUT2D eigenvalue weighted by Crippen LogP contribution is -2.40. The highest BCUT2D eigenvalue weighted by Crippen LogP contribution is 2.21. The van der Waals surface area contributed by atoms with Gasteiger partial charge in [0.2, 0.25) is 5.89 Å². The highest BCUT2D eigenvalue weighted by molar-refractivity contribution is 4.91. The molecule has 1 aromatic heterocycles. The van der Waals surface area contributed by atoms with Crippen LogP contribution in [0.25, 0.3) is 0 Å². The zero-order valence-electron chi connectivity index (χ0n) is 12.2. The van der Waals surface area contributed by atoms with Gasteiger partial charge in [0, 0.05) is 25.4 Å².